The molecule has 2 N–H and O–H groups in total. The lowest BCUT2D eigenvalue weighted by Crippen LogP contribution is -2.31. The average molecular weight is 304 g/mol. The molecule has 2 aromatic rings. The smallest absolute Gasteiger partial charge is 0.264 e. The van der Waals surface area contributed by atoms with E-state index in [2.05, 4.69) is 0 Å². The van der Waals surface area contributed by atoms with Gasteiger partial charge in [0.15, 0.2) is 0 Å². The van der Waals surface area contributed by atoms with E-state index >= 15 is 0 Å². The van der Waals surface area contributed by atoms with Gasteiger partial charge in [-0.15, -0.1) is 0 Å². The Hall–Kier alpha value is -1.85. The van der Waals surface area contributed by atoms with E-state index in [1.165, 1.54) is 4.31 Å². The first-order chi connectivity index (χ1) is 10.0. The molecule has 21 heavy (non-hydrogen) atoms. The van der Waals surface area contributed by atoms with Crippen molar-refractivity contribution >= 4 is 15.7 Å². The van der Waals surface area contributed by atoms with Crippen LogP contribution in [0.15, 0.2) is 53.4 Å². The molecule has 0 saturated carbocycles. The van der Waals surface area contributed by atoms with Gasteiger partial charge in [-0.2, -0.15) is 0 Å². The van der Waals surface area contributed by atoms with Crippen molar-refractivity contribution in [1.82, 2.24) is 0 Å². The van der Waals surface area contributed by atoms with Crippen LogP contribution in [-0.4, -0.2) is 15.0 Å². The fourth-order valence-corrected chi connectivity index (χ4v) is 4.11. The molecular formula is C16H20N2O2S. The molecule has 2 rings (SSSR count). The van der Waals surface area contributed by atoms with Crippen molar-refractivity contribution in [2.24, 2.45) is 5.73 Å². The summed E-state index contributed by atoms with van der Waals surface area (Å²) in [6, 6.07) is 14.3. The maximum atomic E-state index is 12.9. The predicted octanol–water partition coefficient (Wildman–Crippen LogP) is 2.67. The number of nitrogens with zero attached hydrogens (tertiary/aromatic N) is 1. The normalized spacial score (nSPS) is 11.4. The van der Waals surface area contributed by atoms with Gasteiger partial charge in [-0.3, -0.25) is 4.31 Å². The average Bonchev–Trinajstić information content (AvgIpc) is 2.49. The molecule has 0 aliphatic rings. The van der Waals surface area contributed by atoms with Gasteiger partial charge < -0.3 is 5.73 Å². The highest BCUT2D eigenvalue weighted by Gasteiger charge is 2.25. The van der Waals surface area contributed by atoms with Crippen LogP contribution in [0.3, 0.4) is 0 Å². The second-order valence-corrected chi connectivity index (χ2v) is 6.58. The predicted molar refractivity (Wildman–Crippen MR) is 85.7 cm³/mol. The Morgan fingerprint density at radius 1 is 1.05 bits per heavy atom. The Bertz CT molecular complexity index is 712. The minimum absolute atomic E-state index is 0.316. The van der Waals surface area contributed by atoms with Gasteiger partial charge in [0, 0.05) is 13.1 Å². The van der Waals surface area contributed by atoms with E-state index in [4.69, 9.17) is 5.73 Å². The van der Waals surface area contributed by atoms with Crippen LogP contribution in [0.2, 0.25) is 0 Å². The topological polar surface area (TPSA) is 63.4 Å². The summed E-state index contributed by atoms with van der Waals surface area (Å²) in [6.07, 6.45) is 0. The molecule has 4 nitrogen and oxygen atoms in total. The number of benzene rings is 2. The molecule has 2 aromatic carbocycles. The number of hydrogen-bond donors (Lipinski definition) is 1. The lowest BCUT2D eigenvalue weighted by molar-refractivity contribution is 0.591. The minimum atomic E-state index is -3.59. The van der Waals surface area contributed by atoms with Crippen molar-refractivity contribution in [3.63, 3.8) is 0 Å². The number of sulfonamides is 1. The molecular weight excluding hydrogens is 284 g/mol. The van der Waals surface area contributed by atoms with Crippen molar-refractivity contribution in [2.45, 2.75) is 25.3 Å². The van der Waals surface area contributed by atoms with E-state index in [-0.39, 0.29) is 0 Å². The van der Waals surface area contributed by atoms with Crippen LogP contribution < -0.4 is 10.0 Å². The second-order valence-electron chi connectivity index (χ2n) is 4.75. The fourth-order valence-electron chi connectivity index (χ4n) is 2.36. The highest BCUT2D eigenvalue weighted by atomic mass is 32.2. The van der Waals surface area contributed by atoms with Crippen LogP contribution in [0.5, 0.6) is 0 Å². The molecule has 0 heterocycles. The second kappa shape index (κ2) is 6.28. The van der Waals surface area contributed by atoms with Crippen LogP contribution in [0.4, 0.5) is 5.69 Å². The van der Waals surface area contributed by atoms with Gasteiger partial charge in [-0.25, -0.2) is 8.42 Å². The van der Waals surface area contributed by atoms with E-state index in [1.54, 1.807) is 31.2 Å². The first-order valence-electron chi connectivity index (χ1n) is 6.88. The Kier molecular flexibility index (Phi) is 4.65. The number of anilines is 1. The molecule has 112 valence electrons. The van der Waals surface area contributed by atoms with Gasteiger partial charge in [0.2, 0.25) is 0 Å². The highest BCUT2D eigenvalue weighted by molar-refractivity contribution is 7.92. The number of rotatable bonds is 5. The molecule has 0 atom stereocenters. The maximum Gasteiger partial charge on any atom is 0.264 e. The highest BCUT2D eigenvalue weighted by Crippen LogP contribution is 2.26. The van der Waals surface area contributed by atoms with E-state index in [0.29, 0.717) is 23.7 Å². The molecule has 0 unspecified atom stereocenters. The van der Waals surface area contributed by atoms with Crippen molar-refractivity contribution in [3.8, 4) is 0 Å². The zero-order valence-electron chi connectivity index (χ0n) is 12.3. The summed E-state index contributed by atoms with van der Waals surface area (Å²) in [5.41, 5.74) is 7.90. The van der Waals surface area contributed by atoms with E-state index in [1.807, 2.05) is 31.2 Å². The van der Waals surface area contributed by atoms with Gasteiger partial charge in [0.05, 0.1) is 10.6 Å². The van der Waals surface area contributed by atoms with Crippen molar-refractivity contribution in [2.75, 3.05) is 10.8 Å². The minimum Gasteiger partial charge on any atom is -0.326 e. The number of nitrogens with two attached hydrogens (primary N) is 1. The summed E-state index contributed by atoms with van der Waals surface area (Å²) in [4.78, 5) is 0.316. The van der Waals surface area contributed by atoms with Crippen molar-refractivity contribution in [1.29, 1.82) is 0 Å². The number of para-hydroxylation sites is 1. The molecule has 0 spiro atoms. The maximum absolute atomic E-state index is 12.9. The largest absolute Gasteiger partial charge is 0.326 e. The van der Waals surface area contributed by atoms with Crippen LogP contribution in [-0.2, 0) is 16.6 Å². The molecule has 0 fully saturated rings. The summed E-state index contributed by atoms with van der Waals surface area (Å²) in [5.74, 6) is 0. The molecule has 0 amide bonds. The summed E-state index contributed by atoms with van der Waals surface area (Å²) in [7, 11) is -3.59. The van der Waals surface area contributed by atoms with Crippen LogP contribution >= 0.6 is 0 Å². The van der Waals surface area contributed by atoms with Crippen molar-refractivity contribution in [3.05, 3.63) is 59.7 Å². The van der Waals surface area contributed by atoms with Crippen LogP contribution in [0, 0.1) is 6.92 Å². The molecule has 0 radical (unpaired) electrons. The molecule has 0 saturated heterocycles. The summed E-state index contributed by atoms with van der Waals surface area (Å²) in [6.45, 7) is 4.33. The monoisotopic (exact) mass is 304 g/mol. The molecule has 0 aliphatic carbocycles. The third kappa shape index (κ3) is 2.94. The third-order valence-electron chi connectivity index (χ3n) is 3.52. The molecule has 0 aliphatic heterocycles. The van der Waals surface area contributed by atoms with E-state index < -0.39 is 10.0 Å². The molecule has 5 heteroatoms. The Morgan fingerprint density at radius 3 is 2.29 bits per heavy atom. The fraction of sp³-hybridized carbons (Fsp3) is 0.250. The Morgan fingerprint density at radius 2 is 1.71 bits per heavy atom. The van der Waals surface area contributed by atoms with Crippen molar-refractivity contribution < 1.29 is 8.42 Å². The SMILES string of the molecule is CCN(c1ccccc1)S(=O)(=O)c1cccc(CN)c1C. The summed E-state index contributed by atoms with van der Waals surface area (Å²) < 4.78 is 27.3. The molecule has 0 bridgehead atoms. The lowest BCUT2D eigenvalue weighted by Gasteiger charge is -2.24. The van der Waals surface area contributed by atoms with Gasteiger partial charge >= 0.3 is 0 Å². The van der Waals surface area contributed by atoms with Crippen LogP contribution in [0.1, 0.15) is 18.1 Å². The van der Waals surface area contributed by atoms with Gasteiger partial charge in [0.25, 0.3) is 10.0 Å². The zero-order valence-corrected chi connectivity index (χ0v) is 13.1. The zero-order chi connectivity index (χ0) is 15.5. The van der Waals surface area contributed by atoms with E-state index in [0.717, 1.165) is 11.1 Å². The number of hydrogen-bond acceptors (Lipinski definition) is 3. The molecule has 0 aromatic heterocycles. The lowest BCUT2D eigenvalue weighted by atomic mass is 10.1. The van der Waals surface area contributed by atoms with Gasteiger partial charge in [-0.05, 0) is 43.2 Å². The Labute approximate surface area is 126 Å². The van der Waals surface area contributed by atoms with Gasteiger partial charge in [-0.1, -0.05) is 30.3 Å². The quantitative estimate of drug-likeness (QED) is 0.923. The summed E-state index contributed by atoms with van der Waals surface area (Å²) in [5, 5.41) is 0. The van der Waals surface area contributed by atoms with E-state index in [9.17, 15) is 8.42 Å². The van der Waals surface area contributed by atoms with Crippen LogP contribution in [0.25, 0.3) is 0 Å². The summed E-state index contributed by atoms with van der Waals surface area (Å²) >= 11 is 0. The first-order valence-corrected chi connectivity index (χ1v) is 8.32. The first kappa shape index (κ1) is 15.5. The standard InChI is InChI=1S/C16H20N2O2S/c1-3-18(15-9-5-4-6-10-15)21(19,20)16-11-7-8-14(12-17)13(16)2/h4-11H,3,12,17H2,1-2H3. The Balaban J connectivity index is 2.56. The third-order valence-corrected chi connectivity index (χ3v) is 5.56. The van der Waals surface area contributed by atoms with Gasteiger partial charge in [0.1, 0.15) is 0 Å².